The third kappa shape index (κ3) is 4.84. The van der Waals surface area contributed by atoms with Crippen molar-refractivity contribution < 1.29 is 19.1 Å². The van der Waals surface area contributed by atoms with Crippen molar-refractivity contribution in [3.63, 3.8) is 0 Å². The van der Waals surface area contributed by atoms with Gasteiger partial charge >= 0.3 is 6.09 Å². The monoisotopic (exact) mass is 217 g/mol. The highest BCUT2D eigenvalue weighted by Gasteiger charge is 2.24. The average molecular weight is 217 g/mol. The van der Waals surface area contributed by atoms with Crippen LogP contribution in [0.5, 0.6) is 0 Å². The molecular weight excluding hydrogens is 202 g/mol. The summed E-state index contributed by atoms with van der Waals surface area (Å²) in [5.74, 6) is -1.28. The molecule has 2 amide bonds. The molecule has 0 aliphatic carbocycles. The quantitative estimate of drug-likeness (QED) is 0.429. The third-order valence-electron chi connectivity index (χ3n) is 1.38. The largest absolute Gasteiger partial charge is 0.480 e. The number of carbonyl (C=O) groups is 2. The van der Waals surface area contributed by atoms with Gasteiger partial charge in [-0.1, -0.05) is 0 Å². The number of carbonyl (C=O) groups excluding carboxylic acids is 2. The lowest BCUT2D eigenvalue weighted by Crippen LogP contribution is -2.50. The Labute approximate surface area is 87.4 Å². The molecule has 1 unspecified atom stereocenters. The minimum atomic E-state index is -1.29. The molecule has 0 aromatic rings. The fraction of sp³-hybridized carbons (Fsp3) is 0.625. The van der Waals surface area contributed by atoms with E-state index in [0.717, 1.165) is 0 Å². The maximum atomic E-state index is 11.0. The highest BCUT2D eigenvalue weighted by molar-refractivity contribution is 6.04. The molecule has 1 atom stereocenters. The van der Waals surface area contributed by atoms with Gasteiger partial charge in [0.15, 0.2) is 6.04 Å². The summed E-state index contributed by atoms with van der Waals surface area (Å²) in [6, 6.07) is -1.29. The standard InChI is InChI=1S/C8H15N3O4/c1-3-14-7(10)5(6(9)12)11-8(13)15-4-2/h5,10H,3-4H2,1-2H3,(H2,9,12)(H,11,13). The van der Waals surface area contributed by atoms with E-state index in [4.69, 9.17) is 15.9 Å². The molecule has 0 spiro atoms. The molecule has 7 nitrogen and oxygen atoms in total. The van der Waals surface area contributed by atoms with Crippen LogP contribution in [0.1, 0.15) is 13.8 Å². The Morgan fingerprint density at radius 2 is 1.87 bits per heavy atom. The van der Waals surface area contributed by atoms with E-state index in [9.17, 15) is 9.59 Å². The van der Waals surface area contributed by atoms with Gasteiger partial charge in [0.05, 0.1) is 13.2 Å². The lowest BCUT2D eigenvalue weighted by atomic mass is 10.3. The lowest BCUT2D eigenvalue weighted by Gasteiger charge is -2.15. The molecule has 0 aromatic carbocycles. The van der Waals surface area contributed by atoms with Crippen molar-refractivity contribution >= 4 is 17.9 Å². The van der Waals surface area contributed by atoms with Crippen LogP contribution in [-0.4, -0.2) is 37.2 Å². The van der Waals surface area contributed by atoms with Gasteiger partial charge in [0.1, 0.15) is 0 Å². The summed E-state index contributed by atoms with van der Waals surface area (Å²) in [5, 5.41) is 9.43. The SMILES string of the molecule is CCOC(=N)C(NC(=O)OCC)C(N)=O. The van der Waals surface area contributed by atoms with Crippen LogP contribution in [0.25, 0.3) is 0 Å². The minimum absolute atomic E-state index is 0.166. The number of alkyl carbamates (subject to hydrolysis) is 1. The van der Waals surface area contributed by atoms with Crippen molar-refractivity contribution in [3.8, 4) is 0 Å². The van der Waals surface area contributed by atoms with Crippen LogP contribution in [0.2, 0.25) is 0 Å². The summed E-state index contributed by atoms with van der Waals surface area (Å²) in [5.41, 5.74) is 4.98. The van der Waals surface area contributed by atoms with Gasteiger partial charge in [0.25, 0.3) is 0 Å². The van der Waals surface area contributed by atoms with Gasteiger partial charge in [-0.05, 0) is 13.8 Å². The van der Waals surface area contributed by atoms with E-state index in [-0.39, 0.29) is 13.2 Å². The van der Waals surface area contributed by atoms with Crippen LogP contribution >= 0.6 is 0 Å². The Hall–Kier alpha value is -1.79. The van der Waals surface area contributed by atoms with Crippen LogP contribution in [-0.2, 0) is 14.3 Å². The van der Waals surface area contributed by atoms with Gasteiger partial charge in [-0.15, -0.1) is 0 Å². The summed E-state index contributed by atoms with van der Waals surface area (Å²) in [6.07, 6.45) is -0.814. The first-order valence-corrected chi connectivity index (χ1v) is 4.46. The van der Waals surface area contributed by atoms with Gasteiger partial charge in [0, 0.05) is 0 Å². The fourth-order valence-electron chi connectivity index (χ4n) is 0.795. The molecule has 4 N–H and O–H groups in total. The number of nitrogens with one attached hydrogen (secondary N) is 2. The number of ether oxygens (including phenoxy) is 2. The number of rotatable bonds is 5. The van der Waals surface area contributed by atoms with Crippen LogP contribution in [0.4, 0.5) is 4.79 Å². The number of primary amides is 1. The molecule has 0 saturated heterocycles. The molecule has 0 radical (unpaired) electrons. The Bertz CT molecular complexity index is 254. The zero-order chi connectivity index (χ0) is 11.8. The fourth-order valence-corrected chi connectivity index (χ4v) is 0.795. The van der Waals surface area contributed by atoms with E-state index in [1.54, 1.807) is 13.8 Å². The number of hydrogen-bond acceptors (Lipinski definition) is 5. The normalized spacial score (nSPS) is 11.3. The summed E-state index contributed by atoms with van der Waals surface area (Å²) in [6.45, 7) is 3.65. The first-order valence-electron chi connectivity index (χ1n) is 4.46. The second-order valence-corrected chi connectivity index (χ2v) is 2.50. The molecule has 0 aliphatic rings. The average Bonchev–Trinajstić information content (AvgIpc) is 2.14. The number of nitrogens with two attached hydrogens (primary N) is 1. The first kappa shape index (κ1) is 13.2. The smallest absolute Gasteiger partial charge is 0.408 e. The molecule has 0 saturated carbocycles. The molecule has 7 heteroatoms. The Morgan fingerprint density at radius 3 is 2.27 bits per heavy atom. The predicted octanol–water partition coefficient (Wildman–Crippen LogP) is -0.400. The molecule has 0 fully saturated rings. The topological polar surface area (TPSA) is 114 Å². The van der Waals surface area contributed by atoms with Gasteiger partial charge in [0.2, 0.25) is 11.8 Å². The third-order valence-corrected chi connectivity index (χ3v) is 1.38. The van der Waals surface area contributed by atoms with Crippen LogP contribution in [0, 0.1) is 5.41 Å². The summed E-state index contributed by atoms with van der Waals surface area (Å²) < 4.78 is 9.30. The molecular formula is C8H15N3O4. The number of hydrogen-bond donors (Lipinski definition) is 3. The molecule has 15 heavy (non-hydrogen) atoms. The molecule has 0 aliphatic heterocycles. The minimum Gasteiger partial charge on any atom is -0.480 e. The van der Waals surface area contributed by atoms with E-state index in [1.807, 2.05) is 0 Å². The van der Waals surface area contributed by atoms with E-state index < -0.39 is 23.9 Å². The molecule has 0 heterocycles. The van der Waals surface area contributed by atoms with Gasteiger partial charge in [-0.3, -0.25) is 10.2 Å². The molecule has 86 valence electrons. The summed E-state index contributed by atoms with van der Waals surface area (Å²) in [7, 11) is 0. The van der Waals surface area contributed by atoms with Crippen LogP contribution in [0.3, 0.4) is 0 Å². The van der Waals surface area contributed by atoms with E-state index in [0.29, 0.717) is 0 Å². The predicted molar refractivity (Wildman–Crippen MR) is 52.5 cm³/mol. The van der Waals surface area contributed by atoms with Gasteiger partial charge < -0.3 is 20.5 Å². The van der Waals surface area contributed by atoms with Crippen molar-refractivity contribution in [2.45, 2.75) is 19.9 Å². The van der Waals surface area contributed by atoms with Gasteiger partial charge in [-0.2, -0.15) is 0 Å². The Kier molecular flexibility index (Phi) is 5.84. The maximum absolute atomic E-state index is 11.0. The van der Waals surface area contributed by atoms with Crippen molar-refractivity contribution in [2.24, 2.45) is 5.73 Å². The van der Waals surface area contributed by atoms with E-state index in [2.05, 4.69) is 10.1 Å². The molecule has 0 rings (SSSR count). The van der Waals surface area contributed by atoms with E-state index >= 15 is 0 Å². The van der Waals surface area contributed by atoms with E-state index in [1.165, 1.54) is 0 Å². The van der Waals surface area contributed by atoms with Crippen molar-refractivity contribution in [3.05, 3.63) is 0 Å². The van der Waals surface area contributed by atoms with Crippen molar-refractivity contribution in [1.29, 1.82) is 5.41 Å². The summed E-state index contributed by atoms with van der Waals surface area (Å²) >= 11 is 0. The highest BCUT2D eigenvalue weighted by atomic mass is 16.5. The zero-order valence-corrected chi connectivity index (χ0v) is 8.70. The molecule has 0 aromatic heterocycles. The molecule has 0 bridgehead atoms. The van der Waals surface area contributed by atoms with Crippen LogP contribution in [0.15, 0.2) is 0 Å². The lowest BCUT2D eigenvalue weighted by molar-refractivity contribution is -0.118. The second-order valence-electron chi connectivity index (χ2n) is 2.50. The van der Waals surface area contributed by atoms with Crippen molar-refractivity contribution in [1.82, 2.24) is 5.32 Å². The van der Waals surface area contributed by atoms with Crippen molar-refractivity contribution in [2.75, 3.05) is 13.2 Å². The second kappa shape index (κ2) is 6.63. The first-order chi connectivity index (χ1) is 7.02. The Balaban J connectivity index is 4.34. The van der Waals surface area contributed by atoms with Crippen LogP contribution < -0.4 is 11.1 Å². The maximum Gasteiger partial charge on any atom is 0.408 e. The summed E-state index contributed by atoms with van der Waals surface area (Å²) in [4.78, 5) is 21.9. The highest BCUT2D eigenvalue weighted by Crippen LogP contribution is 1.91. The number of amides is 2. The zero-order valence-electron chi connectivity index (χ0n) is 8.70. The van der Waals surface area contributed by atoms with Gasteiger partial charge in [-0.25, -0.2) is 4.79 Å². The Morgan fingerprint density at radius 1 is 1.33 bits per heavy atom.